The molecule has 1 rings (SSSR count). The Hall–Kier alpha value is -1.53. The van der Waals surface area contributed by atoms with Crippen molar-refractivity contribution in [3.63, 3.8) is 0 Å². The van der Waals surface area contributed by atoms with E-state index in [2.05, 4.69) is 0 Å². The standard InChI is InChI=1S/C9H11FN2O3/c10-7-5-6(9(13)3-4-11)1-2-8(7)12(14)15/h1-2,5,9,13H,3-4,11H2/t9-/m1/s1. The van der Waals surface area contributed by atoms with Crippen LogP contribution in [0.15, 0.2) is 18.2 Å². The van der Waals surface area contributed by atoms with Crippen molar-refractivity contribution in [2.45, 2.75) is 12.5 Å². The van der Waals surface area contributed by atoms with Crippen molar-refractivity contribution < 1.29 is 14.4 Å². The van der Waals surface area contributed by atoms with E-state index in [1.165, 1.54) is 6.07 Å². The monoisotopic (exact) mass is 214 g/mol. The molecule has 0 amide bonds. The summed E-state index contributed by atoms with van der Waals surface area (Å²) in [4.78, 5) is 9.50. The molecule has 1 aromatic carbocycles. The van der Waals surface area contributed by atoms with Gasteiger partial charge in [0, 0.05) is 6.07 Å². The summed E-state index contributed by atoms with van der Waals surface area (Å²) in [6.45, 7) is 0.264. The lowest BCUT2D eigenvalue weighted by Crippen LogP contribution is -2.07. The molecule has 0 aliphatic heterocycles. The average Bonchev–Trinajstić information content (AvgIpc) is 2.17. The van der Waals surface area contributed by atoms with E-state index in [9.17, 15) is 19.6 Å². The summed E-state index contributed by atoms with van der Waals surface area (Å²) < 4.78 is 13.1. The predicted octanol–water partition coefficient (Wildman–Crippen LogP) is 1.12. The van der Waals surface area contributed by atoms with Gasteiger partial charge in [0.2, 0.25) is 5.82 Å². The van der Waals surface area contributed by atoms with Crippen molar-refractivity contribution >= 4 is 5.69 Å². The lowest BCUT2D eigenvalue weighted by atomic mass is 10.1. The zero-order chi connectivity index (χ0) is 11.4. The molecule has 0 radical (unpaired) electrons. The lowest BCUT2D eigenvalue weighted by Gasteiger charge is -2.08. The van der Waals surface area contributed by atoms with E-state index in [0.29, 0.717) is 5.56 Å². The Morgan fingerprint density at radius 3 is 2.73 bits per heavy atom. The first kappa shape index (κ1) is 11.5. The molecular weight excluding hydrogens is 203 g/mol. The van der Waals surface area contributed by atoms with Gasteiger partial charge in [-0.2, -0.15) is 4.39 Å². The van der Waals surface area contributed by atoms with Gasteiger partial charge in [0.1, 0.15) is 0 Å². The Labute approximate surface area is 85.5 Å². The number of nitrogens with zero attached hydrogens (tertiary/aromatic N) is 1. The normalized spacial score (nSPS) is 12.5. The number of hydrogen-bond donors (Lipinski definition) is 2. The van der Waals surface area contributed by atoms with Gasteiger partial charge in [0.25, 0.3) is 0 Å². The maximum Gasteiger partial charge on any atom is 0.304 e. The van der Waals surface area contributed by atoms with Gasteiger partial charge >= 0.3 is 5.69 Å². The molecule has 0 saturated carbocycles. The van der Waals surface area contributed by atoms with Gasteiger partial charge in [-0.3, -0.25) is 10.1 Å². The summed E-state index contributed by atoms with van der Waals surface area (Å²) in [5.41, 5.74) is 4.92. The van der Waals surface area contributed by atoms with E-state index >= 15 is 0 Å². The van der Waals surface area contributed by atoms with E-state index in [-0.39, 0.29) is 13.0 Å². The lowest BCUT2D eigenvalue weighted by molar-refractivity contribution is -0.387. The van der Waals surface area contributed by atoms with Crippen molar-refractivity contribution in [2.75, 3.05) is 6.54 Å². The van der Waals surface area contributed by atoms with Gasteiger partial charge in [0.15, 0.2) is 0 Å². The van der Waals surface area contributed by atoms with Crippen molar-refractivity contribution in [3.8, 4) is 0 Å². The third-order valence-electron chi connectivity index (χ3n) is 1.99. The fourth-order valence-electron chi connectivity index (χ4n) is 1.20. The first-order valence-electron chi connectivity index (χ1n) is 4.38. The highest BCUT2D eigenvalue weighted by Crippen LogP contribution is 2.23. The smallest absolute Gasteiger partial charge is 0.304 e. The molecule has 0 spiro atoms. The highest BCUT2D eigenvalue weighted by Gasteiger charge is 2.16. The molecule has 0 saturated heterocycles. The molecule has 0 bridgehead atoms. The minimum atomic E-state index is -0.950. The van der Waals surface area contributed by atoms with Gasteiger partial charge in [0.05, 0.1) is 11.0 Å². The van der Waals surface area contributed by atoms with Crippen LogP contribution < -0.4 is 5.73 Å². The molecule has 0 unspecified atom stereocenters. The molecule has 3 N–H and O–H groups in total. The molecule has 0 fully saturated rings. The van der Waals surface area contributed by atoms with Gasteiger partial charge in [-0.1, -0.05) is 0 Å². The zero-order valence-corrected chi connectivity index (χ0v) is 7.89. The number of nitro groups is 1. The highest BCUT2D eigenvalue weighted by molar-refractivity contribution is 5.35. The second-order valence-corrected chi connectivity index (χ2v) is 3.06. The van der Waals surface area contributed by atoms with Gasteiger partial charge < -0.3 is 10.8 Å². The third kappa shape index (κ3) is 2.71. The number of halogens is 1. The molecule has 0 heterocycles. The maximum absolute atomic E-state index is 13.1. The second kappa shape index (κ2) is 4.81. The minimum Gasteiger partial charge on any atom is -0.388 e. The van der Waals surface area contributed by atoms with Crippen LogP contribution in [0.4, 0.5) is 10.1 Å². The summed E-state index contributed by atoms with van der Waals surface area (Å²) in [6, 6.07) is 3.31. The molecule has 1 atom stereocenters. The molecule has 82 valence electrons. The Balaban J connectivity index is 2.96. The third-order valence-corrected chi connectivity index (χ3v) is 1.99. The van der Waals surface area contributed by atoms with E-state index < -0.39 is 22.5 Å². The number of hydrogen-bond acceptors (Lipinski definition) is 4. The van der Waals surface area contributed by atoms with E-state index in [0.717, 1.165) is 12.1 Å². The van der Waals surface area contributed by atoms with Gasteiger partial charge in [-0.15, -0.1) is 0 Å². The quantitative estimate of drug-likeness (QED) is 0.580. The maximum atomic E-state index is 13.1. The molecule has 1 aromatic rings. The Morgan fingerprint density at radius 1 is 1.60 bits per heavy atom. The van der Waals surface area contributed by atoms with Crippen molar-refractivity contribution in [3.05, 3.63) is 39.7 Å². The van der Waals surface area contributed by atoms with Crippen LogP contribution in [0, 0.1) is 15.9 Å². The molecule has 0 aliphatic rings. The van der Waals surface area contributed by atoms with Crippen LogP contribution in [0.25, 0.3) is 0 Å². The van der Waals surface area contributed by atoms with Gasteiger partial charge in [-0.25, -0.2) is 0 Å². The van der Waals surface area contributed by atoms with Crippen molar-refractivity contribution in [2.24, 2.45) is 5.73 Å². The Kier molecular flexibility index (Phi) is 3.70. The van der Waals surface area contributed by atoms with Crippen molar-refractivity contribution in [1.82, 2.24) is 0 Å². The van der Waals surface area contributed by atoms with Crippen LogP contribution >= 0.6 is 0 Å². The zero-order valence-electron chi connectivity index (χ0n) is 7.89. The van der Waals surface area contributed by atoms with E-state index in [4.69, 9.17) is 5.73 Å². The van der Waals surface area contributed by atoms with Crippen LogP contribution in [-0.2, 0) is 0 Å². The molecule has 6 heteroatoms. The Bertz CT molecular complexity index is 370. The number of nitrogens with two attached hydrogens (primary N) is 1. The van der Waals surface area contributed by atoms with Crippen molar-refractivity contribution in [1.29, 1.82) is 0 Å². The van der Waals surface area contributed by atoms with Crippen LogP contribution in [0.5, 0.6) is 0 Å². The SMILES string of the molecule is NCC[C@@H](O)c1ccc([N+](=O)[O-])c(F)c1. The van der Waals surface area contributed by atoms with E-state index in [1.807, 2.05) is 0 Å². The fourth-order valence-corrected chi connectivity index (χ4v) is 1.20. The molecule has 15 heavy (non-hydrogen) atoms. The molecular formula is C9H11FN2O3. The molecule has 0 aliphatic carbocycles. The van der Waals surface area contributed by atoms with Crippen LogP contribution in [-0.4, -0.2) is 16.6 Å². The van der Waals surface area contributed by atoms with Crippen LogP contribution in [0.2, 0.25) is 0 Å². The second-order valence-electron chi connectivity index (χ2n) is 3.06. The first-order valence-corrected chi connectivity index (χ1v) is 4.38. The Morgan fingerprint density at radius 2 is 2.27 bits per heavy atom. The highest BCUT2D eigenvalue weighted by atomic mass is 19.1. The number of aliphatic hydroxyl groups excluding tert-OH is 1. The fraction of sp³-hybridized carbons (Fsp3) is 0.333. The number of rotatable bonds is 4. The summed E-state index contributed by atoms with van der Waals surface area (Å²) in [5, 5.41) is 19.8. The molecule has 5 nitrogen and oxygen atoms in total. The summed E-state index contributed by atoms with van der Waals surface area (Å²) >= 11 is 0. The van der Waals surface area contributed by atoms with Crippen LogP contribution in [0.1, 0.15) is 18.1 Å². The number of aliphatic hydroxyl groups is 1. The van der Waals surface area contributed by atoms with E-state index in [1.54, 1.807) is 0 Å². The number of benzene rings is 1. The first-order chi connectivity index (χ1) is 7.06. The summed E-state index contributed by atoms with van der Waals surface area (Å²) in [5.74, 6) is -0.950. The minimum absolute atomic E-state index is 0.264. The van der Waals surface area contributed by atoms with Crippen LogP contribution in [0.3, 0.4) is 0 Å². The summed E-state index contributed by atoms with van der Waals surface area (Å²) in [7, 11) is 0. The predicted molar refractivity (Wildman–Crippen MR) is 51.7 cm³/mol. The topological polar surface area (TPSA) is 89.4 Å². The summed E-state index contributed by atoms with van der Waals surface area (Å²) in [6.07, 6.45) is -0.595. The largest absolute Gasteiger partial charge is 0.388 e. The average molecular weight is 214 g/mol. The molecule has 0 aromatic heterocycles. The van der Waals surface area contributed by atoms with Gasteiger partial charge in [-0.05, 0) is 30.7 Å². The number of nitro benzene ring substituents is 1.